The third-order valence-corrected chi connectivity index (χ3v) is 4.77. The van der Waals surface area contributed by atoms with Crippen LogP contribution < -0.4 is 10.6 Å². The summed E-state index contributed by atoms with van der Waals surface area (Å²) in [5, 5.41) is 5.96. The van der Waals surface area contributed by atoms with E-state index >= 15 is 0 Å². The van der Waals surface area contributed by atoms with E-state index in [1.165, 1.54) is 32.1 Å². The first-order valence-corrected chi connectivity index (χ1v) is 9.16. The van der Waals surface area contributed by atoms with Gasteiger partial charge in [0.25, 0.3) is 0 Å². The second kappa shape index (κ2) is 9.07. The van der Waals surface area contributed by atoms with Gasteiger partial charge in [-0.2, -0.15) is 0 Å². The first kappa shape index (κ1) is 17.3. The van der Waals surface area contributed by atoms with Gasteiger partial charge >= 0.3 is 6.03 Å². The van der Waals surface area contributed by atoms with E-state index < -0.39 is 0 Å². The summed E-state index contributed by atoms with van der Waals surface area (Å²) >= 11 is 0. The Morgan fingerprint density at radius 1 is 0.880 bits per heavy atom. The highest BCUT2D eigenvalue weighted by Gasteiger charge is 2.16. The quantitative estimate of drug-likeness (QED) is 0.778. The van der Waals surface area contributed by atoms with Crippen molar-refractivity contribution in [3.63, 3.8) is 0 Å². The van der Waals surface area contributed by atoms with Crippen LogP contribution in [0, 0.1) is 5.92 Å². The van der Waals surface area contributed by atoms with Gasteiger partial charge in [0.15, 0.2) is 0 Å². The van der Waals surface area contributed by atoms with Crippen LogP contribution in [0.2, 0.25) is 0 Å². The average molecular weight is 334 g/mol. The van der Waals surface area contributed by atoms with E-state index in [1.54, 1.807) is 6.20 Å². The van der Waals surface area contributed by atoms with Crippen LogP contribution in [0.25, 0.3) is 0 Å². The monoisotopic (exact) mass is 334 g/mol. The van der Waals surface area contributed by atoms with Crippen LogP contribution in [-0.4, -0.2) is 6.03 Å². The fraction of sp³-hybridized carbons (Fsp3) is 0.318. The van der Waals surface area contributed by atoms with Crippen LogP contribution in [0.5, 0.6) is 0 Å². The third kappa shape index (κ3) is 5.21. The van der Waals surface area contributed by atoms with Gasteiger partial charge in [-0.05, 0) is 29.9 Å². The minimum atomic E-state index is -0.176. The van der Waals surface area contributed by atoms with Crippen molar-refractivity contribution in [3.05, 3.63) is 84.1 Å². The maximum absolute atomic E-state index is 12.4. The molecule has 0 aromatic heterocycles. The van der Waals surface area contributed by atoms with E-state index in [0.717, 1.165) is 11.1 Å². The summed E-state index contributed by atoms with van der Waals surface area (Å²) in [6.07, 6.45) is 10.3. The van der Waals surface area contributed by atoms with E-state index in [0.29, 0.717) is 5.92 Å². The number of amides is 2. The zero-order valence-electron chi connectivity index (χ0n) is 14.5. The molecule has 2 aromatic rings. The Morgan fingerprint density at radius 2 is 1.44 bits per heavy atom. The molecule has 2 N–H and O–H groups in total. The number of hydrogen-bond donors (Lipinski definition) is 2. The van der Waals surface area contributed by atoms with Crippen LogP contribution in [0.4, 0.5) is 4.79 Å². The molecular formula is C22H26N2O. The molecule has 0 spiro atoms. The fourth-order valence-electron chi connectivity index (χ4n) is 3.41. The minimum Gasteiger partial charge on any atom is -0.327 e. The molecule has 3 rings (SSSR count). The third-order valence-electron chi connectivity index (χ3n) is 4.77. The van der Waals surface area contributed by atoms with Gasteiger partial charge in [0, 0.05) is 6.20 Å². The lowest BCUT2D eigenvalue weighted by atomic mass is 9.89. The molecule has 1 aliphatic rings. The average Bonchev–Trinajstić information content (AvgIpc) is 2.68. The number of rotatable bonds is 5. The van der Waals surface area contributed by atoms with E-state index in [1.807, 2.05) is 60.7 Å². The normalized spacial score (nSPS) is 15.4. The van der Waals surface area contributed by atoms with Crippen molar-refractivity contribution in [2.75, 3.05) is 0 Å². The van der Waals surface area contributed by atoms with Gasteiger partial charge in [-0.15, -0.1) is 0 Å². The van der Waals surface area contributed by atoms with E-state index in [2.05, 4.69) is 16.7 Å². The number of hydrogen-bond acceptors (Lipinski definition) is 1. The van der Waals surface area contributed by atoms with Gasteiger partial charge in [0.05, 0.1) is 6.04 Å². The highest BCUT2D eigenvalue weighted by Crippen LogP contribution is 2.24. The van der Waals surface area contributed by atoms with Gasteiger partial charge in [-0.25, -0.2) is 4.79 Å². The Balaban J connectivity index is 1.63. The molecule has 0 aliphatic heterocycles. The van der Waals surface area contributed by atoms with Crippen molar-refractivity contribution in [2.45, 2.75) is 38.1 Å². The summed E-state index contributed by atoms with van der Waals surface area (Å²) in [6.45, 7) is 0. The Hall–Kier alpha value is -2.55. The number of carbonyl (C=O) groups excluding carboxylic acids is 1. The molecule has 25 heavy (non-hydrogen) atoms. The molecule has 1 saturated carbocycles. The standard InChI is InChI=1S/C22H26N2O/c25-22(23-17-16-18-10-4-1-5-11-18)24-21(19-12-6-2-7-13-19)20-14-8-3-9-15-20/h2-3,6-9,12-18,21H,1,4-5,10-11H2,(H2,23,24,25)/b17-16+. The molecular weight excluding hydrogens is 308 g/mol. The summed E-state index contributed by atoms with van der Waals surface area (Å²) < 4.78 is 0. The number of carbonyl (C=O) groups is 1. The SMILES string of the molecule is O=C(N/C=C/C1CCCCC1)NC(c1ccccc1)c1ccccc1. The first-order chi connectivity index (χ1) is 12.3. The number of urea groups is 1. The maximum atomic E-state index is 12.4. The Labute approximate surface area is 150 Å². The maximum Gasteiger partial charge on any atom is 0.319 e. The fourth-order valence-corrected chi connectivity index (χ4v) is 3.41. The van der Waals surface area contributed by atoms with Crippen molar-refractivity contribution in [1.29, 1.82) is 0 Å². The molecule has 0 heterocycles. The molecule has 130 valence electrons. The van der Waals surface area contributed by atoms with Gasteiger partial charge in [-0.3, -0.25) is 0 Å². The zero-order valence-corrected chi connectivity index (χ0v) is 14.5. The van der Waals surface area contributed by atoms with Crippen molar-refractivity contribution in [1.82, 2.24) is 10.6 Å². The van der Waals surface area contributed by atoms with Crippen molar-refractivity contribution in [3.8, 4) is 0 Å². The largest absolute Gasteiger partial charge is 0.327 e. The second-order valence-corrected chi connectivity index (χ2v) is 6.63. The van der Waals surface area contributed by atoms with Gasteiger partial charge in [-0.1, -0.05) is 86.0 Å². The predicted molar refractivity (Wildman–Crippen MR) is 102 cm³/mol. The summed E-state index contributed by atoms with van der Waals surface area (Å²) in [7, 11) is 0. The molecule has 3 nitrogen and oxygen atoms in total. The van der Waals surface area contributed by atoms with Crippen molar-refractivity contribution < 1.29 is 4.79 Å². The lowest BCUT2D eigenvalue weighted by Gasteiger charge is -2.20. The lowest BCUT2D eigenvalue weighted by Crippen LogP contribution is -2.35. The Morgan fingerprint density at radius 3 is 2.00 bits per heavy atom. The highest BCUT2D eigenvalue weighted by molar-refractivity contribution is 5.76. The van der Waals surface area contributed by atoms with Crippen molar-refractivity contribution >= 4 is 6.03 Å². The van der Waals surface area contributed by atoms with Gasteiger partial charge < -0.3 is 10.6 Å². The van der Waals surface area contributed by atoms with E-state index in [-0.39, 0.29) is 12.1 Å². The zero-order chi connectivity index (χ0) is 17.3. The minimum absolute atomic E-state index is 0.162. The number of allylic oxidation sites excluding steroid dienone is 1. The lowest BCUT2D eigenvalue weighted by molar-refractivity contribution is 0.242. The van der Waals surface area contributed by atoms with E-state index in [9.17, 15) is 4.79 Å². The highest BCUT2D eigenvalue weighted by atomic mass is 16.2. The molecule has 0 atom stereocenters. The molecule has 0 bridgehead atoms. The summed E-state index contributed by atoms with van der Waals surface area (Å²) in [5.74, 6) is 0.605. The van der Waals surface area contributed by atoms with Gasteiger partial charge in [0.2, 0.25) is 0 Å². The van der Waals surface area contributed by atoms with E-state index in [4.69, 9.17) is 0 Å². The molecule has 1 fully saturated rings. The van der Waals surface area contributed by atoms with Crippen LogP contribution in [0.15, 0.2) is 72.9 Å². The summed E-state index contributed by atoms with van der Waals surface area (Å²) in [4.78, 5) is 12.4. The number of nitrogens with one attached hydrogen (secondary N) is 2. The molecule has 0 radical (unpaired) electrons. The molecule has 2 aromatic carbocycles. The van der Waals surface area contributed by atoms with Crippen molar-refractivity contribution in [2.24, 2.45) is 5.92 Å². The molecule has 0 unspecified atom stereocenters. The summed E-state index contributed by atoms with van der Waals surface area (Å²) in [5.41, 5.74) is 2.14. The number of benzene rings is 2. The topological polar surface area (TPSA) is 41.1 Å². The first-order valence-electron chi connectivity index (χ1n) is 9.16. The Bertz CT molecular complexity index is 636. The molecule has 2 amide bonds. The second-order valence-electron chi connectivity index (χ2n) is 6.63. The van der Waals surface area contributed by atoms with Crippen LogP contribution in [0.1, 0.15) is 49.3 Å². The predicted octanol–water partition coefficient (Wildman–Crippen LogP) is 5.17. The summed E-state index contributed by atoms with van der Waals surface area (Å²) in [6, 6.07) is 19.8. The molecule has 1 aliphatic carbocycles. The van der Waals surface area contributed by atoms with Gasteiger partial charge in [0.1, 0.15) is 0 Å². The molecule has 3 heteroatoms. The Kier molecular flexibility index (Phi) is 6.27. The van der Waals surface area contributed by atoms with Crippen LogP contribution >= 0.6 is 0 Å². The molecule has 0 saturated heterocycles. The smallest absolute Gasteiger partial charge is 0.319 e. The van der Waals surface area contributed by atoms with Crippen LogP contribution in [0.3, 0.4) is 0 Å². The van der Waals surface area contributed by atoms with Crippen LogP contribution in [-0.2, 0) is 0 Å².